The SMILES string of the molecule is CN=C(NCCNC(=O)c1ccco1)NCC1(C(=O)N(C)C)CCCC1.I. The van der Waals surface area contributed by atoms with Gasteiger partial charge in [-0.3, -0.25) is 14.6 Å². The number of nitrogens with one attached hydrogen (secondary N) is 3. The number of halogens is 1. The van der Waals surface area contributed by atoms with E-state index < -0.39 is 0 Å². The highest BCUT2D eigenvalue weighted by molar-refractivity contribution is 14.0. The molecule has 0 saturated heterocycles. The Morgan fingerprint density at radius 3 is 2.41 bits per heavy atom. The Morgan fingerprint density at radius 1 is 1.19 bits per heavy atom. The van der Waals surface area contributed by atoms with Crippen molar-refractivity contribution in [2.45, 2.75) is 25.7 Å². The first-order valence-electron chi connectivity index (χ1n) is 8.96. The van der Waals surface area contributed by atoms with Gasteiger partial charge >= 0.3 is 0 Å². The van der Waals surface area contributed by atoms with Gasteiger partial charge in [0, 0.05) is 40.8 Å². The summed E-state index contributed by atoms with van der Waals surface area (Å²) in [5, 5.41) is 9.18. The van der Waals surface area contributed by atoms with Crippen LogP contribution in [0.2, 0.25) is 0 Å². The third-order valence-electron chi connectivity index (χ3n) is 4.69. The Labute approximate surface area is 177 Å². The van der Waals surface area contributed by atoms with Gasteiger partial charge in [-0.25, -0.2) is 0 Å². The Bertz CT molecular complexity index is 625. The number of furan rings is 1. The van der Waals surface area contributed by atoms with Crippen LogP contribution < -0.4 is 16.0 Å². The molecule has 1 aromatic rings. The Balaban J connectivity index is 0.00000364. The Hall–Kier alpha value is -1.78. The maximum atomic E-state index is 12.6. The van der Waals surface area contributed by atoms with Crippen molar-refractivity contribution in [1.29, 1.82) is 0 Å². The van der Waals surface area contributed by atoms with Crippen molar-refractivity contribution in [1.82, 2.24) is 20.9 Å². The fourth-order valence-electron chi connectivity index (χ4n) is 3.32. The van der Waals surface area contributed by atoms with Gasteiger partial charge in [0.15, 0.2) is 11.7 Å². The van der Waals surface area contributed by atoms with E-state index in [0.717, 1.165) is 25.7 Å². The third kappa shape index (κ3) is 6.40. The standard InChI is InChI=1S/C18H29N5O3.HI/c1-19-17(21-11-10-20-15(24)14-7-6-12-26-14)22-13-18(8-4-5-9-18)16(25)23(2)3;/h6-7,12H,4-5,8-11,13H2,1-3H3,(H,20,24)(H2,19,21,22);1H. The van der Waals surface area contributed by atoms with Crippen molar-refractivity contribution in [3.8, 4) is 0 Å². The van der Waals surface area contributed by atoms with Crippen molar-refractivity contribution >= 4 is 41.8 Å². The molecule has 2 rings (SSSR count). The van der Waals surface area contributed by atoms with Gasteiger partial charge in [-0.1, -0.05) is 12.8 Å². The zero-order valence-electron chi connectivity index (χ0n) is 16.2. The average Bonchev–Trinajstić information content (AvgIpc) is 3.32. The van der Waals surface area contributed by atoms with E-state index in [2.05, 4.69) is 20.9 Å². The van der Waals surface area contributed by atoms with E-state index in [1.165, 1.54) is 6.26 Å². The van der Waals surface area contributed by atoms with Crippen LogP contribution in [0.3, 0.4) is 0 Å². The number of aliphatic imine (C=N–C) groups is 1. The number of nitrogens with zero attached hydrogens (tertiary/aromatic N) is 2. The Kier molecular flexibility index (Phi) is 9.61. The monoisotopic (exact) mass is 491 g/mol. The average molecular weight is 491 g/mol. The molecule has 0 radical (unpaired) electrons. The van der Waals surface area contributed by atoms with Gasteiger partial charge in [-0.15, -0.1) is 24.0 Å². The van der Waals surface area contributed by atoms with Crippen LogP contribution in [0, 0.1) is 5.41 Å². The van der Waals surface area contributed by atoms with Crippen molar-refractivity contribution in [3.63, 3.8) is 0 Å². The molecular formula is C18H30IN5O3. The Morgan fingerprint density at radius 2 is 1.85 bits per heavy atom. The molecule has 9 heteroatoms. The molecule has 1 saturated carbocycles. The van der Waals surface area contributed by atoms with E-state index in [1.807, 2.05) is 0 Å². The minimum absolute atomic E-state index is 0. The second-order valence-corrected chi connectivity index (χ2v) is 6.77. The highest BCUT2D eigenvalue weighted by atomic mass is 127. The predicted octanol–water partition coefficient (Wildman–Crippen LogP) is 1.44. The maximum absolute atomic E-state index is 12.6. The lowest BCUT2D eigenvalue weighted by Crippen LogP contribution is -2.50. The molecule has 0 aromatic carbocycles. The van der Waals surface area contributed by atoms with Gasteiger partial charge < -0.3 is 25.3 Å². The van der Waals surface area contributed by atoms with Crippen LogP contribution in [0.1, 0.15) is 36.2 Å². The second-order valence-electron chi connectivity index (χ2n) is 6.77. The van der Waals surface area contributed by atoms with Crippen LogP contribution in [0.25, 0.3) is 0 Å². The van der Waals surface area contributed by atoms with E-state index >= 15 is 0 Å². The summed E-state index contributed by atoms with van der Waals surface area (Å²) in [6.45, 7) is 1.51. The van der Waals surface area contributed by atoms with Crippen molar-refractivity contribution < 1.29 is 14.0 Å². The lowest BCUT2D eigenvalue weighted by Gasteiger charge is -2.31. The molecule has 0 bridgehead atoms. The molecule has 0 atom stereocenters. The molecule has 3 N–H and O–H groups in total. The number of hydrogen-bond acceptors (Lipinski definition) is 4. The molecule has 1 aromatic heterocycles. The quantitative estimate of drug-likeness (QED) is 0.232. The minimum atomic E-state index is -0.353. The number of guanidine groups is 1. The summed E-state index contributed by atoms with van der Waals surface area (Å²) in [6, 6.07) is 3.29. The normalized spacial score (nSPS) is 15.6. The lowest BCUT2D eigenvalue weighted by molar-refractivity contribution is -0.138. The summed E-state index contributed by atoms with van der Waals surface area (Å²) in [7, 11) is 5.29. The van der Waals surface area contributed by atoms with Crippen molar-refractivity contribution in [2.75, 3.05) is 40.8 Å². The lowest BCUT2D eigenvalue weighted by atomic mass is 9.84. The number of amides is 2. The molecule has 0 unspecified atom stereocenters. The summed E-state index contributed by atoms with van der Waals surface area (Å²) in [5.74, 6) is 0.831. The summed E-state index contributed by atoms with van der Waals surface area (Å²) in [5.41, 5.74) is -0.353. The minimum Gasteiger partial charge on any atom is -0.459 e. The topological polar surface area (TPSA) is 99.0 Å². The molecule has 152 valence electrons. The molecule has 1 heterocycles. The maximum Gasteiger partial charge on any atom is 0.287 e. The van der Waals surface area contributed by atoms with Gasteiger partial charge in [-0.05, 0) is 25.0 Å². The van der Waals surface area contributed by atoms with Gasteiger partial charge in [0.2, 0.25) is 5.91 Å². The first kappa shape index (κ1) is 23.3. The second kappa shape index (κ2) is 11.2. The smallest absolute Gasteiger partial charge is 0.287 e. The van der Waals surface area contributed by atoms with Gasteiger partial charge in [0.1, 0.15) is 0 Å². The summed E-state index contributed by atoms with van der Waals surface area (Å²) >= 11 is 0. The third-order valence-corrected chi connectivity index (χ3v) is 4.69. The van der Waals surface area contributed by atoms with Gasteiger partial charge in [0.25, 0.3) is 5.91 Å². The van der Waals surface area contributed by atoms with E-state index in [0.29, 0.717) is 25.6 Å². The van der Waals surface area contributed by atoms with Crippen molar-refractivity contribution in [2.24, 2.45) is 10.4 Å². The number of carbonyl (C=O) groups is 2. The van der Waals surface area contributed by atoms with Crippen LogP contribution in [0.15, 0.2) is 27.8 Å². The molecule has 0 spiro atoms. The molecule has 1 aliphatic carbocycles. The fraction of sp³-hybridized carbons (Fsp3) is 0.611. The van der Waals surface area contributed by atoms with Gasteiger partial charge in [0.05, 0.1) is 11.7 Å². The van der Waals surface area contributed by atoms with E-state index in [9.17, 15) is 9.59 Å². The number of carbonyl (C=O) groups excluding carboxylic acids is 2. The van der Waals surface area contributed by atoms with Crippen LogP contribution in [0.4, 0.5) is 0 Å². The summed E-state index contributed by atoms with van der Waals surface area (Å²) in [6.07, 6.45) is 5.41. The van der Waals surface area contributed by atoms with Crippen molar-refractivity contribution in [3.05, 3.63) is 24.2 Å². The molecular weight excluding hydrogens is 461 g/mol. The van der Waals surface area contributed by atoms with Crippen LogP contribution in [-0.4, -0.2) is 63.5 Å². The first-order valence-corrected chi connectivity index (χ1v) is 8.96. The summed E-state index contributed by atoms with van der Waals surface area (Å²) < 4.78 is 5.04. The highest BCUT2D eigenvalue weighted by Gasteiger charge is 2.42. The van der Waals surface area contributed by atoms with Crippen LogP contribution >= 0.6 is 24.0 Å². The number of rotatable bonds is 7. The molecule has 8 nitrogen and oxygen atoms in total. The van der Waals surface area contributed by atoms with E-state index in [1.54, 1.807) is 38.2 Å². The van der Waals surface area contributed by atoms with Crippen LogP contribution in [-0.2, 0) is 4.79 Å². The highest BCUT2D eigenvalue weighted by Crippen LogP contribution is 2.38. The number of hydrogen-bond donors (Lipinski definition) is 3. The molecule has 0 aliphatic heterocycles. The fourth-order valence-corrected chi connectivity index (χ4v) is 3.32. The molecule has 1 fully saturated rings. The molecule has 27 heavy (non-hydrogen) atoms. The zero-order chi connectivity index (χ0) is 19.0. The molecule has 1 aliphatic rings. The van der Waals surface area contributed by atoms with Gasteiger partial charge in [-0.2, -0.15) is 0 Å². The van der Waals surface area contributed by atoms with Crippen LogP contribution in [0.5, 0.6) is 0 Å². The van der Waals surface area contributed by atoms with E-state index in [4.69, 9.17) is 4.42 Å². The first-order chi connectivity index (χ1) is 12.5. The largest absolute Gasteiger partial charge is 0.459 e. The predicted molar refractivity (Wildman–Crippen MR) is 115 cm³/mol. The van der Waals surface area contributed by atoms with E-state index in [-0.39, 0.29) is 47.0 Å². The summed E-state index contributed by atoms with van der Waals surface area (Å²) in [4.78, 5) is 30.2. The zero-order valence-corrected chi connectivity index (χ0v) is 18.5. The molecule has 2 amide bonds.